The fourth-order valence-corrected chi connectivity index (χ4v) is 2.38. The van der Waals surface area contributed by atoms with Gasteiger partial charge in [0.25, 0.3) is 0 Å². The number of rotatable bonds is 1. The molecule has 2 rings (SSSR count). The predicted octanol–water partition coefficient (Wildman–Crippen LogP) is 2.62. The van der Waals surface area contributed by atoms with Crippen molar-refractivity contribution in [3.8, 4) is 11.5 Å². The van der Waals surface area contributed by atoms with Crippen LogP contribution in [0.3, 0.4) is 0 Å². The van der Waals surface area contributed by atoms with Crippen molar-refractivity contribution in [1.29, 1.82) is 0 Å². The lowest BCUT2D eigenvalue weighted by atomic mass is 10.1. The molecule has 0 atom stereocenters. The zero-order valence-electron chi connectivity index (χ0n) is 7.88. The van der Waals surface area contributed by atoms with Gasteiger partial charge in [-0.05, 0) is 35.6 Å². The average Bonchev–Trinajstić information content (AvgIpc) is 2.39. The largest absolute Gasteiger partial charge is 0.586 e. The smallest absolute Gasteiger partial charge is 0.478 e. The number of fused-ring (bicyclic) bond motifs is 1. The number of carboxylic acids is 1. The summed E-state index contributed by atoms with van der Waals surface area (Å²) < 4.78 is 34.4. The summed E-state index contributed by atoms with van der Waals surface area (Å²) >= 11 is 1.75. The SMILES string of the molecule is Cc1c2c(cc(I)c1C(=O)O)OC(F)(F)O2. The number of hydrogen-bond donors (Lipinski definition) is 1. The summed E-state index contributed by atoms with van der Waals surface area (Å²) in [4.78, 5) is 10.9. The second kappa shape index (κ2) is 3.44. The summed E-state index contributed by atoms with van der Waals surface area (Å²) in [6, 6.07) is 1.22. The van der Waals surface area contributed by atoms with E-state index in [1.807, 2.05) is 0 Å². The van der Waals surface area contributed by atoms with Gasteiger partial charge in [0.1, 0.15) is 0 Å². The fraction of sp³-hybridized carbons (Fsp3) is 0.222. The number of ether oxygens (including phenoxy) is 2. The first-order chi connectivity index (χ1) is 7.32. The Hall–Kier alpha value is -1.12. The summed E-state index contributed by atoms with van der Waals surface area (Å²) in [6.07, 6.45) is -3.73. The van der Waals surface area contributed by atoms with Crippen LogP contribution < -0.4 is 9.47 Å². The van der Waals surface area contributed by atoms with E-state index in [1.165, 1.54) is 13.0 Å². The fourth-order valence-electron chi connectivity index (χ4n) is 1.46. The highest BCUT2D eigenvalue weighted by Crippen LogP contribution is 2.45. The highest BCUT2D eigenvalue weighted by Gasteiger charge is 2.45. The molecule has 0 fully saturated rings. The quantitative estimate of drug-likeness (QED) is 0.798. The molecule has 0 spiro atoms. The molecule has 4 nitrogen and oxygen atoms in total. The molecule has 16 heavy (non-hydrogen) atoms. The molecule has 0 radical (unpaired) electrons. The molecule has 0 unspecified atom stereocenters. The average molecular weight is 342 g/mol. The van der Waals surface area contributed by atoms with Gasteiger partial charge < -0.3 is 14.6 Å². The Morgan fingerprint density at radius 2 is 2.12 bits per heavy atom. The van der Waals surface area contributed by atoms with Crippen molar-refractivity contribution in [3.63, 3.8) is 0 Å². The third-order valence-corrected chi connectivity index (χ3v) is 2.95. The molecule has 0 amide bonds. The molecule has 7 heteroatoms. The van der Waals surface area contributed by atoms with Gasteiger partial charge in [0.15, 0.2) is 11.5 Å². The number of carbonyl (C=O) groups is 1. The third-order valence-electron chi connectivity index (χ3n) is 2.10. The maximum atomic E-state index is 12.8. The van der Waals surface area contributed by atoms with Crippen LogP contribution in [0.1, 0.15) is 15.9 Å². The van der Waals surface area contributed by atoms with Gasteiger partial charge in [-0.1, -0.05) is 0 Å². The highest BCUT2D eigenvalue weighted by atomic mass is 127. The van der Waals surface area contributed by atoms with E-state index in [9.17, 15) is 13.6 Å². The summed E-state index contributed by atoms with van der Waals surface area (Å²) in [5.41, 5.74) is 0.0761. The van der Waals surface area contributed by atoms with Crippen LogP contribution in [0.4, 0.5) is 8.78 Å². The van der Waals surface area contributed by atoms with E-state index in [0.717, 1.165) is 0 Å². The van der Waals surface area contributed by atoms with Gasteiger partial charge in [-0.25, -0.2) is 4.79 Å². The van der Waals surface area contributed by atoms with E-state index < -0.39 is 12.3 Å². The Balaban J connectivity index is 2.63. The van der Waals surface area contributed by atoms with Gasteiger partial charge in [0, 0.05) is 9.13 Å². The first-order valence-corrected chi connectivity index (χ1v) is 5.22. The van der Waals surface area contributed by atoms with Gasteiger partial charge in [-0.3, -0.25) is 0 Å². The lowest BCUT2D eigenvalue weighted by Gasteiger charge is -2.07. The van der Waals surface area contributed by atoms with Gasteiger partial charge in [-0.2, -0.15) is 0 Å². The summed E-state index contributed by atoms with van der Waals surface area (Å²) in [7, 11) is 0. The molecular formula is C9H5F2IO4. The molecule has 0 saturated heterocycles. The van der Waals surface area contributed by atoms with Crippen molar-refractivity contribution in [2.45, 2.75) is 13.2 Å². The van der Waals surface area contributed by atoms with Crippen LogP contribution in [0, 0.1) is 10.5 Å². The van der Waals surface area contributed by atoms with Crippen molar-refractivity contribution in [1.82, 2.24) is 0 Å². The molecule has 0 aromatic heterocycles. The van der Waals surface area contributed by atoms with Crippen LogP contribution in [-0.2, 0) is 0 Å². The topological polar surface area (TPSA) is 55.8 Å². The molecule has 1 N–H and O–H groups in total. The van der Waals surface area contributed by atoms with Crippen molar-refractivity contribution >= 4 is 28.6 Å². The van der Waals surface area contributed by atoms with Crippen LogP contribution in [0.5, 0.6) is 11.5 Å². The molecule has 1 aliphatic rings. The summed E-state index contributed by atoms with van der Waals surface area (Å²) in [5, 5.41) is 8.92. The number of carboxylic acid groups (broad SMARTS) is 1. The standard InChI is InChI=1S/C9H5F2IO4/c1-3-6(8(13)14)4(12)2-5-7(3)16-9(10,11)15-5/h2H,1H3,(H,13,14). The Morgan fingerprint density at radius 3 is 2.69 bits per heavy atom. The first kappa shape index (κ1) is 11.4. The third kappa shape index (κ3) is 1.68. The first-order valence-electron chi connectivity index (χ1n) is 4.14. The molecule has 1 heterocycles. The lowest BCUT2D eigenvalue weighted by molar-refractivity contribution is -0.286. The molecule has 86 valence electrons. The number of halogens is 3. The van der Waals surface area contributed by atoms with Gasteiger partial charge in [-0.15, -0.1) is 8.78 Å². The zero-order chi connectivity index (χ0) is 12.1. The van der Waals surface area contributed by atoms with Crippen molar-refractivity contribution in [3.05, 3.63) is 20.8 Å². The Kier molecular flexibility index (Phi) is 2.44. The van der Waals surface area contributed by atoms with Crippen LogP contribution in [-0.4, -0.2) is 17.4 Å². The Morgan fingerprint density at radius 1 is 1.50 bits per heavy atom. The number of hydrogen-bond acceptors (Lipinski definition) is 3. The van der Waals surface area contributed by atoms with Crippen LogP contribution >= 0.6 is 22.6 Å². The van der Waals surface area contributed by atoms with Crippen molar-refractivity contribution in [2.75, 3.05) is 0 Å². The van der Waals surface area contributed by atoms with Crippen molar-refractivity contribution < 1.29 is 28.2 Å². The van der Waals surface area contributed by atoms with Gasteiger partial charge >= 0.3 is 12.3 Å². The number of benzene rings is 1. The van der Waals surface area contributed by atoms with E-state index in [1.54, 1.807) is 22.6 Å². The summed E-state index contributed by atoms with van der Waals surface area (Å²) in [6.45, 7) is 1.40. The van der Waals surface area contributed by atoms with Gasteiger partial charge in [0.2, 0.25) is 0 Å². The normalized spacial score (nSPS) is 16.2. The molecule has 1 aromatic rings. The van der Waals surface area contributed by atoms with Crippen LogP contribution in [0.25, 0.3) is 0 Å². The maximum absolute atomic E-state index is 12.8. The Labute approximate surface area is 102 Å². The molecule has 0 aliphatic carbocycles. The molecule has 1 aromatic carbocycles. The highest BCUT2D eigenvalue weighted by molar-refractivity contribution is 14.1. The minimum atomic E-state index is -3.73. The minimum Gasteiger partial charge on any atom is -0.478 e. The van der Waals surface area contributed by atoms with E-state index in [-0.39, 0.29) is 22.6 Å². The van der Waals surface area contributed by atoms with E-state index in [0.29, 0.717) is 3.57 Å². The van der Waals surface area contributed by atoms with Crippen LogP contribution in [0.2, 0.25) is 0 Å². The van der Waals surface area contributed by atoms with Gasteiger partial charge in [0.05, 0.1) is 5.56 Å². The van der Waals surface area contributed by atoms with Crippen molar-refractivity contribution in [2.24, 2.45) is 0 Å². The predicted molar refractivity (Wildman–Crippen MR) is 57.1 cm³/mol. The molecule has 1 aliphatic heterocycles. The summed E-state index contributed by atoms with van der Waals surface area (Å²) in [5.74, 6) is -1.55. The lowest BCUT2D eigenvalue weighted by Crippen LogP contribution is -2.26. The van der Waals surface area contributed by atoms with E-state index in [2.05, 4.69) is 9.47 Å². The van der Waals surface area contributed by atoms with E-state index in [4.69, 9.17) is 5.11 Å². The zero-order valence-corrected chi connectivity index (χ0v) is 10.0. The Bertz CT molecular complexity index is 487. The molecular weight excluding hydrogens is 337 g/mol. The monoisotopic (exact) mass is 342 g/mol. The second-order valence-electron chi connectivity index (χ2n) is 3.16. The molecule has 0 bridgehead atoms. The second-order valence-corrected chi connectivity index (χ2v) is 4.32. The van der Waals surface area contributed by atoms with Crippen LogP contribution in [0.15, 0.2) is 6.07 Å². The van der Waals surface area contributed by atoms with E-state index >= 15 is 0 Å². The number of alkyl halides is 2. The maximum Gasteiger partial charge on any atom is 0.586 e. The minimum absolute atomic E-state index is 0.0550. The molecule has 0 saturated carbocycles. The number of aromatic carboxylic acids is 1.